The molecule has 0 aliphatic carbocycles. The van der Waals surface area contributed by atoms with E-state index in [9.17, 15) is 0 Å². The van der Waals surface area contributed by atoms with Gasteiger partial charge in [0.25, 0.3) is 0 Å². The fraction of sp³-hybridized carbons (Fsp3) is 0.474. The molecular formula is C19H25BrO2. The van der Waals surface area contributed by atoms with Crippen LogP contribution < -0.4 is 9.47 Å². The number of fused-ring (bicyclic) bond motifs is 1. The number of rotatable bonds is 9. The lowest BCUT2D eigenvalue weighted by Gasteiger charge is -2.15. The Labute approximate surface area is 141 Å². The van der Waals surface area contributed by atoms with Crippen LogP contribution in [0.3, 0.4) is 0 Å². The van der Waals surface area contributed by atoms with Crippen molar-refractivity contribution < 1.29 is 9.47 Å². The van der Waals surface area contributed by atoms with Gasteiger partial charge in [-0.25, -0.2) is 0 Å². The van der Waals surface area contributed by atoms with Crippen molar-refractivity contribution in [1.29, 1.82) is 0 Å². The van der Waals surface area contributed by atoms with Crippen LogP contribution in [0.5, 0.6) is 11.5 Å². The zero-order valence-corrected chi connectivity index (χ0v) is 15.1. The highest BCUT2D eigenvalue weighted by atomic mass is 79.9. The van der Waals surface area contributed by atoms with Gasteiger partial charge in [-0.05, 0) is 38.8 Å². The van der Waals surface area contributed by atoms with E-state index in [0.29, 0.717) is 0 Å². The van der Waals surface area contributed by atoms with Crippen molar-refractivity contribution in [2.24, 2.45) is 0 Å². The van der Waals surface area contributed by atoms with Crippen molar-refractivity contribution in [3.8, 4) is 11.5 Å². The monoisotopic (exact) mass is 364 g/mol. The molecule has 120 valence electrons. The highest BCUT2D eigenvalue weighted by Gasteiger charge is 2.08. The van der Waals surface area contributed by atoms with Gasteiger partial charge in [-0.15, -0.1) is 0 Å². The first-order valence-corrected chi connectivity index (χ1v) is 9.21. The minimum Gasteiger partial charge on any atom is -0.493 e. The third kappa shape index (κ3) is 4.91. The highest BCUT2D eigenvalue weighted by Crippen LogP contribution is 2.33. The first-order chi connectivity index (χ1) is 10.7. The minimum atomic E-state index is 0.171. The topological polar surface area (TPSA) is 18.5 Å². The molecule has 3 heteroatoms. The second kappa shape index (κ2) is 9.04. The quantitative estimate of drug-likeness (QED) is 0.403. The number of unbranched alkanes of at least 4 members (excludes halogenated alkanes) is 3. The Morgan fingerprint density at radius 2 is 1.50 bits per heavy atom. The minimum absolute atomic E-state index is 0.171. The summed E-state index contributed by atoms with van der Waals surface area (Å²) in [5.74, 6) is 1.88. The van der Waals surface area contributed by atoms with Gasteiger partial charge in [-0.2, -0.15) is 0 Å². The zero-order valence-electron chi connectivity index (χ0n) is 13.5. The number of benzene rings is 2. The van der Waals surface area contributed by atoms with Gasteiger partial charge in [-0.1, -0.05) is 53.0 Å². The van der Waals surface area contributed by atoms with Crippen LogP contribution in [0.15, 0.2) is 36.4 Å². The molecule has 0 N–H and O–H groups in total. The van der Waals surface area contributed by atoms with E-state index in [-0.39, 0.29) is 6.10 Å². The van der Waals surface area contributed by atoms with Crippen molar-refractivity contribution in [2.75, 3.05) is 11.9 Å². The van der Waals surface area contributed by atoms with Gasteiger partial charge in [0.2, 0.25) is 0 Å². The summed E-state index contributed by atoms with van der Waals surface area (Å²) in [6.07, 6.45) is 4.99. The SMILES string of the molecule is CC(C)Oc1ccc(OCCCCCCBr)c2ccccc12. The summed E-state index contributed by atoms with van der Waals surface area (Å²) in [5.41, 5.74) is 0. The van der Waals surface area contributed by atoms with Gasteiger partial charge in [0.15, 0.2) is 0 Å². The molecule has 0 aliphatic rings. The Hall–Kier alpha value is -1.22. The predicted octanol–water partition coefficient (Wildman–Crippen LogP) is 5.96. The Bertz CT molecular complexity index is 581. The lowest BCUT2D eigenvalue weighted by molar-refractivity contribution is 0.245. The number of alkyl halides is 1. The maximum atomic E-state index is 5.99. The second-order valence-corrected chi connectivity index (χ2v) is 6.52. The Kier molecular flexibility index (Phi) is 7.04. The van der Waals surface area contributed by atoms with E-state index in [4.69, 9.17) is 9.47 Å². The predicted molar refractivity (Wildman–Crippen MR) is 97.5 cm³/mol. The van der Waals surface area contributed by atoms with Crippen molar-refractivity contribution >= 4 is 26.7 Å². The average Bonchev–Trinajstić information content (AvgIpc) is 2.52. The van der Waals surface area contributed by atoms with Crippen LogP contribution in [0.4, 0.5) is 0 Å². The second-order valence-electron chi connectivity index (χ2n) is 5.73. The van der Waals surface area contributed by atoms with Crippen LogP contribution in [0.1, 0.15) is 39.5 Å². The van der Waals surface area contributed by atoms with Crippen LogP contribution in [-0.2, 0) is 0 Å². The summed E-state index contributed by atoms with van der Waals surface area (Å²) in [5, 5.41) is 3.34. The number of halogens is 1. The summed E-state index contributed by atoms with van der Waals surface area (Å²) in [4.78, 5) is 0. The van der Waals surface area contributed by atoms with Gasteiger partial charge in [0.1, 0.15) is 11.5 Å². The molecule has 2 aromatic carbocycles. The fourth-order valence-corrected chi connectivity index (χ4v) is 2.86. The van der Waals surface area contributed by atoms with Crippen molar-refractivity contribution in [3.63, 3.8) is 0 Å². The number of ether oxygens (including phenoxy) is 2. The Morgan fingerprint density at radius 3 is 2.18 bits per heavy atom. The van der Waals surface area contributed by atoms with Gasteiger partial charge >= 0.3 is 0 Å². The molecule has 2 aromatic rings. The molecule has 0 aliphatic heterocycles. The first-order valence-electron chi connectivity index (χ1n) is 8.09. The van der Waals surface area contributed by atoms with Crippen LogP contribution >= 0.6 is 15.9 Å². The van der Waals surface area contributed by atoms with E-state index in [1.54, 1.807) is 0 Å². The van der Waals surface area contributed by atoms with E-state index < -0.39 is 0 Å². The third-order valence-corrected chi connectivity index (χ3v) is 4.05. The standard InChI is InChI=1S/C19H25BrO2/c1-15(2)22-19-12-11-18(16-9-5-6-10-17(16)19)21-14-8-4-3-7-13-20/h5-6,9-12,15H,3-4,7-8,13-14H2,1-2H3. The summed E-state index contributed by atoms with van der Waals surface area (Å²) >= 11 is 3.46. The number of hydrogen-bond acceptors (Lipinski definition) is 2. The lowest BCUT2D eigenvalue weighted by atomic mass is 10.1. The maximum absolute atomic E-state index is 5.99. The van der Waals surface area contributed by atoms with Crippen LogP contribution in [0.25, 0.3) is 10.8 Å². The molecule has 0 saturated carbocycles. The van der Waals surface area contributed by atoms with Crippen LogP contribution in [0, 0.1) is 0 Å². The third-order valence-electron chi connectivity index (χ3n) is 3.49. The molecule has 22 heavy (non-hydrogen) atoms. The fourth-order valence-electron chi connectivity index (χ4n) is 2.46. The van der Waals surface area contributed by atoms with E-state index in [0.717, 1.165) is 40.6 Å². The normalized spacial score (nSPS) is 11.1. The van der Waals surface area contributed by atoms with Crippen LogP contribution in [-0.4, -0.2) is 18.0 Å². The summed E-state index contributed by atoms with van der Waals surface area (Å²) < 4.78 is 11.9. The molecule has 0 atom stereocenters. The largest absolute Gasteiger partial charge is 0.493 e. The van der Waals surface area contributed by atoms with Crippen molar-refractivity contribution in [2.45, 2.75) is 45.6 Å². The summed E-state index contributed by atoms with van der Waals surface area (Å²) in [6, 6.07) is 12.3. The molecule has 0 radical (unpaired) electrons. The van der Waals surface area contributed by atoms with E-state index in [1.807, 2.05) is 38.1 Å². The molecule has 0 bridgehead atoms. The molecule has 0 aromatic heterocycles. The summed E-state index contributed by atoms with van der Waals surface area (Å²) in [6.45, 7) is 4.87. The molecule has 2 nitrogen and oxygen atoms in total. The van der Waals surface area contributed by atoms with E-state index in [2.05, 4.69) is 28.1 Å². The molecule has 0 saturated heterocycles. The molecular weight excluding hydrogens is 340 g/mol. The van der Waals surface area contributed by atoms with Gasteiger partial charge in [-0.3, -0.25) is 0 Å². The lowest BCUT2D eigenvalue weighted by Crippen LogP contribution is -2.06. The van der Waals surface area contributed by atoms with E-state index >= 15 is 0 Å². The van der Waals surface area contributed by atoms with E-state index in [1.165, 1.54) is 19.3 Å². The molecule has 0 unspecified atom stereocenters. The van der Waals surface area contributed by atoms with Crippen LogP contribution in [0.2, 0.25) is 0 Å². The number of hydrogen-bond donors (Lipinski definition) is 0. The zero-order chi connectivity index (χ0) is 15.8. The first kappa shape index (κ1) is 17.1. The average molecular weight is 365 g/mol. The summed E-state index contributed by atoms with van der Waals surface area (Å²) in [7, 11) is 0. The van der Waals surface area contributed by atoms with Gasteiger partial charge < -0.3 is 9.47 Å². The Morgan fingerprint density at radius 1 is 0.864 bits per heavy atom. The highest BCUT2D eigenvalue weighted by molar-refractivity contribution is 9.09. The molecule has 2 rings (SSSR count). The molecule has 0 heterocycles. The Balaban J connectivity index is 2.04. The molecule has 0 spiro atoms. The molecule has 0 amide bonds. The van der Waals surface area contributed by atoms with Crippen molar-refractivity contribution in [3.05, 3.63) is 36.4 Å². The van der Waals surface area contributed by atoms with Gasteiger partial charge in [0.05, 0.1) is 12.7 Å². The van der Waals surface area contributed by atoms with Crippen molar-refractivity contribution in [1.82, 2.24) is 0 Å². The van der Waals surface area contributed by atoms with Gasteiger partial charge in [0, 0.05) is 16.1 Å². The smallest absolute Gasteiger partial charge is 0.127 e. The maximum Gasteiger partial charge on any atom is 0.127 e. The molecule has 0 fully saturated rings.